The van der Waals surface area contributed by atoms with Crippen LogP contribution in [0.5, 0.6) is 23.0 Å². The smallest absolute Gasteiger partial charge is 0.410 e. The Kier molecular flexibility index (Phi) is 11.6. The van der Waals surface area contributed by atoms with Crippen LogP contribution in [0.15, 0.2) is 73.1 Å². The van der Waals surface area contributed by atoms with Crippen LogP contribution in [0, 0.1) is 5.92 Å². The average Bonchev–Trinajstić information content (AvgIpc) is 3.01. The number of hydrogen-bond acceptors (Lipinski definition) is 10. The molecule has 0 aliphatic carbocycles. The van der Waals surface area contributed by atoms with Gasteiger partial charge in [-0.2, -0.15) is 0 Å². The van der Waals surface area contributed by atoms with Crippen LogP contribution in [0.3, 0.4) is 0 Å². The predicted octanol–water partition coefficient (Wildman–Crippen LogP) is 7.39. The number of nitrogens with two attached hydrogens (primary N) is 3. The first-order valence-electron chi connectivity index (χ1n) is 14.7. The van der Waals surface area contributed by atoms with Crippen molar-refractivity contribution < 1.29 is 23.8 Å². The van der Waals surface area contributed by atoms with Gasteiger partial charge in [0.2, 0.25) is 5.91 Å². The van der Waals surface area contributed by atoms with E-state index in [-0.39, 0.29) is 17.9 Å². The second kappa shape index (κ2) is 15.6. The molecule has 0 saturated carbocycles. The summed E-state index contributed by atoms with van der Waals surface area (Å²) in [7, 11) is 0. The number of halogens is 2. The highest BCUT2D eigenvalue weighted by atomic mass is 35.5. The highest BCUT2D eigenvalue weighted by Crippen LogP contribution is 2.30. The summed E-state index contributed by atoms with van der Waals surface area (Å²) in [6, 6.07) is 16.7. The van der Waals surface area contributed by atoms with Crippen LogP contribution in [0.4, 0.5) is 27.8 Å². The number of carbonyl (C=O) groups is 2. The fourth-order valence-corrected chi connectivity index (χ4v) is 4.67. The first-order chi connectivity index (χ1) is 22.3. The maximum atomic E-state index is 12.7. The van der Waals surface area contributed by atoms with Gasteiger partial charge in [0.25, 0.3) is 0 Å². The van der Waals surface area contributed by atoms with Gasteiger partial charge in [0.05, 0.1) is 21.4 Å². The Labute approximate surface area is 283 Å². The lowest BCUT2D eigenvalue weighted by Gasteiger charge is -2.32. The molecule has 14 heteroatoms. The summed E-state index contributed by atoms with van der Waals surface area (Å²) in [5.41, 5.74) is 17.3. The van der Waals surface area contributed by atoms with E-state index in [1.54, 1.807) is 78.0 Å². The van der Waals surface area contributed by atoms with Gasteiger partial charge in [-0.15, -0.1) is 0 Å². The van der Waals surface area contributed by atoms with Crippen molar-refractivity contribution >= 4 is 58.2 Å². The molecule has 0 unspecified atom stereocenters. The maximum Gasteiger partial charge on any atom is 0.410 e. The molecule has 2 amide bonds. The molecule has 1 saturated heterocycles. The number of aromatic nitrogens is 2. The number of nitrogens with one attached hydrogen (secondary N) is 1. The van der Waals surface area contributed by atoms with E-state index in [1.807, 2.05) is 20.8 Å². The Hall–Kier alpha value is -4.94. The summed E-state index contributed by atoms with van der Waals surface area (Å²) in [6.45, 7) is 6.44. The van der Waals surface area contributed by atoms with Gasteiger partial charge in [0.1, 0.15) is 40.2 Å². The summed E-state index contributed by atoms with van der Waals surface area (Å²) < 4.78 is 16.7. The van der Waals surface area contributed by atoms with Gasteiger partial charge in [-0.3, -0.25) is 4.79 Å². The zero-order valence-electron chi connectivity index (χ0n) is 26.2. The normalized spacial score (nSPS) is 13.2. The topological polar surface area (TPSA) is 181 Å². The number of benzene rings is 2. The van der Waals surface area contributed by atoms with Crippen LogP contribution in [0.25, 0.3) is 0 Å². The number of anilines is 4. The first-order valence-corrected chi connectivity index (χ1v) is 15.4. The summed E-state index contributed by atoms with van der Waals surface area (Å²) in [5, 5.41) is 3.69. The maximum absolute atomic E-state index is 12.7. The van der Waals surface area contributed by atoms with Crippen molar-refractivity contribution in [2.24, 2.45) is 5.92 Å². The lowest BCUT2D eigenvalue weighted by molar-refractivity contribution is -0.121. The SMILES string of the molecule is CC(C)(C)OC(=O)N1CCC(C(=O)Nc2cc(Oc3ccc(N)c(Cl)c3)ccn2)CC1.Nc1cc(Oc2ccc(N)c(Cl)c2)ccn1. The van der Waals surface area contributed by atoms with E-state index < -0.39 is 5.60 Å². The summed E-state index contributed by atoms with van der Waals surface area (Å²) >= 11 is 11.9. The van der Waals surface area contributed by atoms with Crippen LogP contribution >= 0.6 is 23.2 Å². The van der Waals surface area contributed by atoms with Gasteiger partial charge in [-0.25, -0.2) is 14.8 Å². The van der Waals surface area contributed by atoms with Crippen LogP contribution in [-0.2, 0) is 9.53 Å². The third kappa shape index (κ3) is 10.8. The number of piperidine rings is 1. The molecule has 0 spiro atoms. The zero-order valence-corrected chi connectivity index (χ0v) is 27.7. The highest BCUT2D eigenvalue weighted by molar-refractivity contribution is 6.33. The molecule has 3 heterocycles. The van der Waals surface area contributed by atoms with Crippen molar-refractivity contribution in [3.05, 3.63) is 83.1 Å². The number of pyridine rings is 2. The van der Waals surface area contributed by atoms with E-state index in [4.69, 9.17) is 54.6 Å². The first kappa shape index (κ1) is 34.9. The second-order valence-electron chi connectivity index (χ2n) is 11.6. The van der Waals surface area contributed by atoms with E-state index in [0.29, 0.717) is 82.0 Å². The number of nitrogen functional groups attached to an aromatic ring is 3. The quantitative estimate of drug-likeness (QED) is 0.150. The molecular formula is C33H37Cl2N7O5. The number of ether oxygens (including phenoxy) is 3. The number of nitrogens with zero attached hydrogens (tertiary/aromatic N) is 3. The van der Waals surface area contributed by atoms with Gasteiger partial charge >= 0.3 is 6.09 Å². The fraction of sp³-hybridized carbons (Fsp3) is 0.273. The molecule has 2 aromatic carbocycles. The molecular weight excluding hydrogens is 645 g/mol. The third-order valence-electron chi connectivity index (χ3n) is 6.67. The van der Waals surface area contributed by atoms with Crippen molar-refractivity contribution in [1.82, 2.24) is 14.9 Å². The predicted molar refractivity (Wildman–Crippen MR) is 184 cm³/mol. The molecule has 2 aromatic heterocycles. The van der Waals surface area contributed by atoms with Gasteiger partial charge in [-0.05, 0) is 70.0 Å². The molecule has 47 heavy (non-hydrogen) atoms. The molecule has 12 nitrogen and oxygen atoms in total. The van der Waals surface area contributed by atoms with Gasteiger partial charge in [0, 0.05) is 55.7 Å². The molecule has 1 aliphatic rings. The van der Waals surface area contributed by atoms with Gasteiger partial charge < -0.3 is 41.6 Å². The molecule has 1 aliphatic heterocycles. The molecule has 0 bridgehead atoms. The Morgan fingerprint density at radius 1 is 0.787 bits per heavy atom. The number of rotatable bonds is 6. The van der Waals surface area contributed by atoms with Gasteiger partial charge in [-0.1, -0.05) is 23.2 Å². The van der Waals surface area contributed by atoms with Crippen molar-refractivity contribution in [1.29, 1.82) is 0 Å². The minimum absolute atomic E-state index is 0.135. The molecule has 0 atom stereocenters. The lowest BCUT2D eigenvalue weighted by Crippen LogP contribution is -2.43. The monoisotopic (exact) mass is 681 g/mol. The van der Waals surface area contributed by atoms with Crippen molar-refractivity contribution in [3.63, 3.8) is 0 Å². The van der Waals surface area contributed by atoms with E-state index in [0.717, 1.165) is 0 Å². The Bertz CT molecular complexity index is 1710. The fourth-order valence-electron chi connectivity index (χ4n) is 4.33. The minimum atomic E-state index is -0.540. The standard InChI is InChI=1S/C22H27ClN4O4.C11H10ClN3O/c1-22(2,3)31-21(29)27-10-7-14(8-11-27)20(28)26-19-13-16(6-9-25-19)30-15-4-5-18(24)17(23)12-15;12-9-5-7(1-2-10(9)13)16-8-3-4-15-11(14)6-8/h4-6,9,12-14H,7-8,10-11,24H2,1-3H3,(H,25,26,28);1-6H,13H2,(H2,14,15). The number of hydrogen-bond donors (Lipinski definition) is 4. The van der Waals surface area contributed by atoms with E-state index in [1.165, 1.54) is 0 Å². The average molecular weight is 683 g/mol. The van der Waals surface area contributed by atoms with E-state index >= 15 is 0 Å². The Morgan fingerprint density at radius 2 is 1.30 bits per heavy atom. The van der Waals surface area contributed by atoms with Crippen LogP contribution in [0.1, 0.15) is 33.6 Å². The summed E-state index contributed by atoms with van der Waals surface area (Å²) in [6.07, 6.45) is 3.90. The molecule has 4 aromatic rings. The van der Waals surface area contributed by atoms with Crippen molar-refractivity contribution in [2.75, 3.05) is 35.6 Å². The second-order valence-corrected chi connectivity index (χ2v) is 12.4. The number of carbonyl (C=O) groups excluding carboxylic acids is 2. The third-order valence-corrected chi connectivity index (χ3v) is 7.32. The number of likely N-dealkylation sites (tertiary alicyclic amines) is 1. The number of amides is 2. The minimum Gasteiger partial charge on any atom is -0.457 e. The molecule has 0 radical (unpaired) electrons. The molecule has 1 fully saturated rings. The largest absolute Gasteiger partial charge is 0.457 e. The van der Waals surface area contributed by atoms with Crippen molar-refractivity contribution in [3.8, 4) is 23.0 Å². The molecule has 7 N–H and O–H groups in total. The molecule has 5 rings (SSSR count). The van der Waals surface area contributed by atoms with Crippen LogP contribution < -0.4 is 32.0 Å². The molecule has 248 valence electrons. The van der Waals surface area contributed by atoms with Crippen LogP contribution in [-0.4, -0.2) is 45.6 Å². The summed E-state index contributed by atoms with van der Waals surface area (Å²) in [4.78, 5) is 34.5. The Morgan fingerprint density at radius 3 is 1.81 bits per heavy atom. The lowest BCUT2D eigenvalue weighted by atomic mass is 9.96. The van der Waals surface area contributed by atoms with Crippen LogP contribution in [0.2, 0.25) is 10.0 Å². The Balaban J connectivity index is 0.000000261. The highest BCUT2D eigenvalue weighted by Gasteiger charge is 2.30. The van der Waals surface area contributed by atoms with E-state index in [9.17, 15) is 9.59 Å². The van der Waals surface area contributed by atoms with Crippen molar-refractivity contribution in [2.45, 2.75) is 39.2 Å². The summed E-state index contributed by atoms with van der Waals surface area (Å²) in [5.74, 6) is 2.68. The van der Waals surface area contributed by atoms with E-state index in [2.05, 4.69) is 15.3 Å². The zero-order chi connectivity index (χ0) is 34.1. The van der Waals surface area contributed by atoms with Gasteiger partial charge in [0.15, 0.2) is 0 Å².